The number of nitrogens with two attached hydrogens (primary N) is 1. The first-order valence-corrected chi connectivity index (χ1v) is 3.22. The van der Waals surface area contributed by atoms with Crippen LogP contribution in [0.25, 0.3) is 0 Å². The van der Waals surface area contributed by atoms with Gasteiger partial charge in [-0.3, -0.25) is 4.79 Å². The van der Waals surface area contributed by atoms with Gasteiger partial charge in [-0.25, -0.2) is 0 Å². The number of halogens is 1. The minimum atomic E-state index is -0.402. The Kier molecular flexibility index (Phi) is 1.11. The fourth-order valence-corrected chi connectivity index (χ4v) is 0.871. The van der Waals surface area contributed by atoms with Crippen LogP contribution in [0.2, 0.25) is 0 Å². The van der Waals surface area contributed by atoms with E-state index in [-0.39, 0.29) is 3.79 Å². The largest absolute Gasteiger partial charge is 0.318 e. The molecule has 2 N–H and O–H groups in total. The van der Waals surface area contributed by atoms with Gasteiger partial charge in [0.15, 0.2) is 0 Å². The third-order valence-electron chi connectivity index (χ3n) is 1.18. The highest BCUT2D eigenvalue weighted by Crippen LogP contribution is 2.34. The highest BCUT2D eigenvalue weighted by molar-refractivity contribution is 14.1. The van der Waals surface area contributed by atoms with Crippen LogP contribution in [0.5, 0.6) is 0 Å². The number of carbonyl (C=O) groups excluding carboxylic acids is 1. The Morgan fingerprint density at radius 1 is 1.71 bits per heavy atom. The molecular weight excluding hydrogens is 205 g/mol. The zero-order chi connectivity index (χ0) is 5.49. The normalized spacial score (nSPS) is 24.3. The van der Waals surface area contributed by atoms with E-state index in [1.54, 1.807) is 22.6 Å². The average Bonchev–Trinajstić information content (AvgIpc) is 2.21. The summed E-state index contributed by atoms with van der Waals surface area (Å²) in [7, 11) is 0. The maximum atomic E-state index is 10.4. The van der Waals surface area contributed by atoms with Gasteiger partial charge in [0.05, 0.1) is 5.54 Å². The molecule has 0 saturated heterocycles. The summed E-state index contributed by atoms with van der Waals surface area (Å²) < 4.78 is 0.102. The molecule has 0 amide bonds. The Balaban J connectivity index is 2.55. The summed E-state index contributed by atoms with van der Waals surface area (Å²) >= 11 is 1.75. The molecule has 3 heteroatoms. The molecule has 0 unspecified atom stereocenters. The fraction of sp³-hybridized carbons (Fsp3) is 0.750. The van der Waals surface area contributed by atoms with Crippen LogP contribution in [-0.4, -0.2) is 9.33 Å². The van der Waals surface area contributed by atoms with Gasteiger partial charge in [-0.15, -0.1) is 0 Å². The number of hydrogen-bond donors (Lipinski definition) is 1. The van der Waals surface area contributed by atoms with E-state index in [9.17, 15) is 4.79 Å². The van der Waals surface area contributed by atoms with E-state index in [1.165, 1.54) is 0 Å². The van der Waals surface area contributed by atoms with Crippen LogP contribution in [0.4, 0.5) is 0 Å². The van der Waals surface area contributed by atoms with E-state index in [0.29, 0.717) is 0 Å². The third-order valence-corrected chi connectivity index (χ3v) is 2.25. The summed E-state index contributed by atoms with van der Waals surface area (Å²) in [5, 5.41) is 0. The Hall–Kier alpha value is 0.360. The van der Waals surface area contributed by atoms with E-state index in [2.05, 4.69) is 0 Å². The van der Waals surface area contributed by atoms with Crippen molar-refractivity contribution in [3.8, 4) is 0 Å². The molecule has 1 fully saturated rings. The Bertz CT molecular complexity index is 108. The van der Waals surface area contributed by atoms with Crippen molar-refractivity contribution < 1.29 is 4.79 Å². The third kappa shape index (κ3) is 0.937. The molecule has 1 rings (SSSR count). The maximum Gasteiger partial charge on any atom is 0.212 e. The van der Waals surface area contributed by atoms with Crippen LogP contribution in [0.15, 0.2) is 0 Å². The van der Waals surface area contributed by atoms with Gasteiger partial charge in [0.1, 0.15) is 0 Å². The lowest BCUT2D eigenvalue weighted by Crippen LogP contribution is -2.28. The van der Waals surface area contributed by atoms with E-state index < -0.39 is 5.54 Å². The van der Waals surface area contributed by atoms with Crippen molar-refractivity contribution in [1.82, 2.24) is 0 Å². The minimum absolute atomic E-state index is 0.102. The lowest BCUT2D eigenvalue weighted by Gasteiger charge is -1.95. The molecule has 0 radical (unpaired) electrons. The molecule has 0 spiro atoms. The molecule has 7 heavy (non-hydrogen) atoms. The molecule has 0 aliphatic heterocycles. The van der Waals surface area contributed by atoms with Gasteiger partial charge < -0.3 is 5.73 Å². The summed E-state index contributed by atoms with van der Waals surface area (Å²) in [6.07, 6.45) is 1.77. The minimum Gasteiger partial charge on any atom is -0.318 e. The number of carbonyl (C=O) groups is 1. The van der Waals surface area contributed by atoms with E-state index in [0.717, 1.165) is 12.8 Å². The van der Waals surface area contributed by atoms with Crippen molar-refractivity contribution in [3.05, 3.63) is 0 Å². The molecule has 0 aromatic heterocycles. The van der Waals surface area contributed by atoms with Crippen molar-refractivity contribution in [1.29, 1.82) is 0 Å². The van der Waals surface area contributed by atoms with Crippen LogP contribution in [0.1, 0.15) is 12.8 Å². The Morgan fingerprint density at radius 3 is 2.14 bits per heavy atom. The van der Waals surface area contributed by atoms with Crippen molar-refractivity contribution in [2.24, 2.45) is 5.73 Å². The first kappa shape index (κ1) is 5.50. The molecule has 0 atom stereocenters. The SMILES string of the molecule is NC1(C(=O)I)CC1. The predicted octanol–water partition coefficient (Wildman–Crippen LogP) is 0.439. The van der Waals surface area contributed by atoms with Crippen molar-refractivity contribution in [3.63, 3.8) is 0 Å². The van der Waals surface area contributed by atoms with Crippen LogP contribution < -0.4 is 5.73 Å². The first-order valence-electron chi connectivity index (χ1n) is 2.14. The summed E-state index contributed by atoms with van der Waals surface area (Å²) in [4.78, 5) is 10.4. The molecule has 1 saturated carbocycles. The zero-order valence-corrected chi connectivity index (χ0v) is 5.94. The highest BCUT2D eigenvalue weighted by Gasteiger charge is 2.44. The van der Waals surface area contributed by atoms with Gasteiger partial charge in [0.25, 0.3) is 0 Å². The molecule has 0 aromatic carbocycles. The topological polar surface area (TPSA) is 43.1 Å². The van der Waals surface area contributed by atoms with Gasteiger partial charge >= 0.3 is 0 Å². The summed E-state index contributed by atoms with van der Waals surface area (Å²) in [6.45, 7) is 0. The van der Waals surface area contributed by atoms with Gasteiger partial charge in [-0.05, 0) is 12.8 Å². The van der Waals surface area contributed by atoms with E-state index >= 15 is 0 Å². The number of hydrogen-bond acceptors (Lipinski definition) is 2. The van der Waals surface area contributed by atoms with Crippen molar-refractivity contribution >= 4 is 26.4 Å². The second-order valence-corrected chi connectivity index (χ2v) is 2.91. The summed E-state index contributed by atoms with van der Waals surface area (Å²) in [5.41, 5.74) is 5.03. The summed E-state index contributed by atoms with van der Waals surface area (Å²) in [5.74, 6) is 0. The fourth-order valence-electron chi connectivity index (χ4n) is 0.331. The standard InChI is InChI=1S/C4H6INO/c5-3(7)4(6)1-2-4/h1-2,6H2. The molecule has 1 aliphatic rings. The lowest BCUT2D eigenvalue weighted by molar-refractivity contribution is -0.111. The summed E-state index contributed by atoms with van der Waals surface area (Å²) in [6, 6.07) is 0. The molecule has 0 aromatic rings. The zero-order valence-electron chi connectivity index (χ0n) is 3.78. The average molecular weight is 211 g/mol. The Morgan fingerprint density at radius 2 is 2.14 bits per heavy atom. The van der Waals surface area contributed by atoms with Gasteiger partial charge in [-0.1, -0.05) is 0 Å². The van der Waals surface area contributed by atoms with E-state index in [1.807, 2.05) is 0 Å². The van der Waals surface area contributed by atoms with Crippen LogP contribution >= 0.6 is 22.6 Å². The Labute approximate surface area is 55.6 Å². The predicted molar refractivity (Wildman–Crippen MR) is 35.2 cm³/mol. The van der Waals surface area contributed by atoms with E-state index in [4.69, 9.17) is 5.73 Å². The number of rotatable bonds is 1. The van der Waals surface area contributed by atoms with Gasteiger partial charge in [-0.2, -0.15) is 0 Å². The molecule has 1 aliphatic carbocycles. The van der Waals surface area contributed by atoms with Crippen molar-refractivity contribution in [2.45, 2.75) is 18.4 Å². The molecule has 0 heterocycles. The molecule has 2 nitrogen and oxygen atoms in total. The smallest absolute Gasteiger partial charge is 0.212 e. The molecule has 0 bridgehead atoms. The quantitative estimate of drug-likeness (QED) is 0.505. The van der Waals surface area contributed by atoms with Gasteiger partial charge in [0.2, 0.25) is 3.79 Å². The first-order chi connectivity index (χ1) is 3.15. The lowest BCUT2D eigenvalue weighted by atomic mass is 10.3. The molecular formula is C4H6INO. The van der Waals surface area contributed by atoms with Gasteiger partial charge in [0, 0.05) is 22.6 Å². The second-order valence-electron chi connectivity index (χ2n) is 1.93. The monoisotopic (exact) mass is 211 g/mol. The maximum absolute atomic E-state index is 10.4. The second kappa shape index (κ2) is 1.42. The van der Waals surface area contributed by atoms with Crippen LogP contribution in [-0.2, 0) is 4.79 Å². The van der Waals surface area contributed by atoms with Crippen molar-refractivity contribution in [2.75, 3.05) is 0 Å². The van der Waals surface area contributed by atoms with Crippen LogP contribution in [0.3, 0.4) is 0 Å². The highest BCUT2D eigenvalue weighted by atomic mass is 127. The molecule has 40 valence electrons. The van der Waals surface area contributed by atoms with Crippen LogP contribution in [0, 0.1) is 0 Å².